The van der Waals surface area contributed by atoms with Gasteiger partial charge in [0.25, 0.3) is 0 Å². The first-order valence-corrected chi connectivity index (χ1v) is 10.9. The summed E-state index contributed by atoms with van der Waals surface area (Å²) in [5, 5.41) is 20.6. The monoisotopic (exact) mass is 446 g/mol. The summed E-state index contributed by atoms with van der Waals surface area (Å²) in [7, 11) is 3.24. The van der Waals surface area contributed by atoms with Crippen LogP contribution in [0.4, 0.5) is 0 Å². The molecule has 0 aromatic heterocycles. The van der Waals surface area contributed by atoms with Crippen molar-refractivity contribution in [1.29, 1.82) is 0 Å². The van der Waals surface area contributed by atoms with Gasteiger partial charge >= 0.3 is 0 Å². The average molecular weight is 447 g/mol. The van der Waals surface area contributed by atoms with E-state index in [0.717, 1.165) is 37.7 Å². The van der Waals surface area contributed by atoms with Gasteiger partial charge in [-0.2, -0.15) is 0 Å². The fraction of sp³-hybridized carbons (Fsp3) is 0.500. The number of piperazine rings is 1. The smallest absolute Gasteiger partial charge is 0.119 e. The van der Waals surface area contributed by atoms with Gasteiger partial charge in [0.2, 0.25) is 0 Å². The molecule has 0 unspecified atom stereocenters. The lowest BCUT2D eigenvalue weighted by Gasteiger charge is -2.36. The molecular weight excluding hydrogens is 412 g/mol. The number of nitrogens with zero attached hydrogens (tertiary/aromatic N) is 2. The van der Waals surface area contributed by atoms with Gasteiger partial charge in [-0.05, 0) is 48.5 Å². The van der Waals surface area contributed by atoms with Gasteiger partial charge < -0.3 is 29.2 Å². The van der Waals surface area contributed by atoms with E-state index in [-0.39, 0.29) is 13.2 Å². The predicted octanol–water partition coefficient (Wildman–Crippen LogP) is 1.50. The molecule has 0 amide bonds. The lowest BCUT2D eigenvalue weighted by Crippen LogP contribution is -2.51. The Balaban J connectivity index is 1.29. The molecule has 8 heteroatoms. The maximum atomic E-state index is 10.3. The van der Waals surface area contributed by atoms with E-state index in [1.165, 1.54) is 0 Å². The molecule has 2 aromatic rings. The number of β-amino-alcohol motifs (C(OH)–C–C–N with tert-alkyl or cyclic N) is 2. The Morgan fingerprint density at radius 3 is 1.25 bits per heavy atom. The summed E-state index contributed by atoms with van der Waals surface area (Å²) in [4.78, 5) is 4.44. The van der Waals surface area contributed by atoms with Crippen LogP contribution in [-0.4, -0.2) is 98.9 Å². The van der Waals surface area contributed by atoms with E-state index >= 15 is 0 Å². The molecule has 1 aliphatic heterocycles. The zero-order valence-electron chi connectivity index (χ0n) is 18.9. The average Bonchev–Trinajstić information content (AvgIpc) is 2.83. The zero-order chi connectivity index (χ0) is 22.8. The molecule has 1 heterocycles. The van der Waals surface area contributed by atoms with E-state index in [0.29, 0.717) is 24.6 Å². The maximum Gasteiger partial charge on any atom is 0.119 e. The Kier molecular flexibility index (Phi) is 9.43. The van der Waals surface area contributed by atoms with Crippen LogP contribution in [0.5, 0.6) is 23.0 Å². The molecule has 0 spiro atoms. The number of ether oxygens (including phenoxy) is 4. The van der Waals surface area contributed by atoms with Gasteiger partial charge in [0.15, 0.2) is 0 Å². The lowest BCUT2D eigenvalue weighted by atomic mass is 10.2. The van der Waals surface area contributed by atoms with E-state index in [4.69, 9.17) is 18.9 Å². The summed E-state index contributed by atoms with van der Waals surface area (Å²) in [5.74, 6) is 2.96. The molecule has 0 saturated carbocycles. The number of aliphatic hydroxyl groups is 2. The quantitative estimate of drug-likeness (QED) is 0.508. The zero-order valence-corrected chi connectivity index (χ0v) is 18.9. The summed E-state index contributed by atoms with van der Waals surface area (Å²) in [6.45, 7) is 4.97. The first-order valence-electron chi connectivity index (χ1n) is 10.9. The van der Waals surface area contributed by atoms with Crippen LogP contribution < -0.4 is 18.9 Å². The number of hydrogen-bond acceptors (Lipinski definition) is 8. The molecule has 3 rings (SSSR count). The van der Waals surface area contributed by atoms with Crippen molar-refractivity contribution in [1.82, 2.24) is 9.80 Å². The largest absolute Gasteiger partial charge is 0.497 e. The Bertz CT molecular complexity index is 711. The van der Waals surface area contributed by atoms with Crippen molar-refractivity contribution in [2.45, 2.75) is 12.2 Å². The summed E-state index contributed by atoms with van der Waals surface area (Å²) in [5.41, 5.74) is 0. The molecule has 8 nitrogen and oxygen atoms in total. The maximum absolute atomic E-state index is 10.3. The third-order valence-electron chi connectivity index (χ3n) is 5.41. The van der Waals surface area contributed by atoms with Gasteiger partial charge in [0.05, 0.1) is 14.2 Å². The van der Waals surface area contributed by atoms with E-state index in [1.807, 2.05) is 48.5 Å². The van der Waals surface area contributed by atoms with Crippen molar-refractivity contribution >= 4 is 0 Å². The number of hydrogen-bond donors (Lipinski definition) is 2. The molecule has 0 bridgehead atoms. The van der Waals surface area contributed by atoms with Crippen LogP contribution in [0.2, 0.25) is 0 Å². The van der Waals surface area contributed by atoms with Crippen LogP contribution in [0.1, 0.15) is 0 Å². The second kappa shape index (κ2) is 12.5. The van der Waals surface area contributed by atoms with E-state index in [1.54, 1.807) is 14.2 Å². The van der Waals surface area contributed by atoms with Crippen molar-refractivity contribution in [3.8, 4) is 23.0 Å². The molecule has 32 heavy (non-hydrogen) atoms. The standard InChI is InChI=1S/C24H34N2O6/c1-29-21-3-7-23(8-4-21)31-17-19(27)15-25-11-13-26(14-12-25)16-20(28)18-32-24-9-5-22(30-2)6-10-24/h3-10,19-20,27-28H,11-18H2,1-2H3/t19-,20-/m1/s1. The molecule has 1 fully saturated rings. The minimum absolute atomic E-state index is 0.244. The lowest BCUT2D eigenvalue weighted by molar-refractivity contribution is 0.0240. The van der Waals surface area contributed by atoms with Crippen LogP contribution in [0.15, 0.2) is 48.5 Å². The predicted molar refractivity (Wildman–Crippen MR) is 122 cm³/mol. The molecule has 1 saturated heterocycles. The molecule has 0 aliphatic carbocycles. The minimum Gasteiger partial charge on any atom is -0.497 e. The third kappa shape index (κ3) is 7.87. The summed E-state index contributed by atoms with van der Waals surface area (Å²) < 4.78 is 21.6. The van der Waals surface area contributed by atoms with E-state index < -0.39 is 12.2 Å². The number of aliphatic hydroxyl groups excluding tert-OH is 2. The second-order valence-electron chi connectivity index (χ2n) is 7.88. The van der Waals surface area contributed by atoms with Gasteiger partial charge in [-0.3, -0.25) is 9.80 Å². The SMILES string of the molecule is COc1ccc(OC[C@H](O)CN2CCN(C[C@@H](O)COc3ccc(OC)cc3)CC2)cc1. The topological polar surface area (TPSA) is 83.9 Å². The van der Waals surface area contributed by atoms with Crippen molar-refractivity contribution in [2.75, 3.05) is 66.7 Å². The molecule has 2 N–H and O–H groups in total. The highest BCUT2D eigenvalue weighted by molar-refractivity contribution is 5.31. The first-order chi connectivity index (χ1) is 15.6. The van der Waals surface area contributed by atoms with Crippen molar-refractivity contribution in [3.63, 3.8) is 0 Å². The van der Waals surface area contributed by atoms with Crippen LogP contribution >= 0.6 is 0 Å². The second-order valence-corrected chi connectivity index (χ2v) is 7.88. The minimum atomic E-state index is -0.563. The van der Waals surface area contributed by atoms with Crippen molar-refractivity contribution < 1.29 is 29.2 Å². The van der Waals surface area contributed by atoms with Gasteiger partial charge in [0, 0.05) is 39.3 Å². The van der Waals surface area contributed by atoms with E-state index in [9.17, 15) is 10.2 Å². The Morgan fingerprint density at radius 1 is 0.625 bits per heavy atom. The van der Waals surface area contributed by atoms with Gasteiger partial charge in [-0.25, -0.2) is 0 Å². The van der Waals surface area contributed by atoms with Gasteiger partial charge in [-0.1, -0.05) is 0 Å². The van der Waals surface area contributed by atoms with Crippen LogP contribution in [0.25, 0.3) is 0 Å². The molecule has 1 aliphatic rings. The molecule has 0 radical (unpaired) electrons. The summed E-state index contributed by atoms with van der Waals surface area (Å²) >= 11 is 0. The van der Waals surface area contributed by atoms with Gasteiger partial charge in [-0.15, -0.1) is 0 Å². The fourth-order valence-electron chi connectivity index (χ4n) is 3.58. The van der Waals surface area contributed by atoms with Gasteiger partial charge in [0.1, 0.15) is 48.4 Å². The van der Waals surface area contributed by atoms with Crippen LogP contribution in [0, 0.1) is 0 Å². The number of rotatable bonds is 12. The Morgan fingerprint density at radius 2 is 0.938 bits per heavy atom. The Hall–Kier alpha value is -2.52. The number of methoxy groups -OCH3 is 2. The van der Waals surface area contributed by atoms with Crippen LogP contribution in [0.3, 0.4) is 0 Å². The highest BCUT2D eigenvalue weighted by Gasteiger charge is 2.21. The van der Waals surface area contributed by atoms with Crippen molar-refractivity contribution in [2.24, 2.45) is 0 Å². The summed E-state index contributed by atoms with van der Waals surface area (Å²) in [6, 6.07) is 14.6. The highest BCUT2D eigenvalue weighted by atomic mass is 16.5. The molecule has 2 atom stereocenters. The summed E-state index contributed by atoms with van der Waals surface area (Å²) in [6.07, 6.45) is -1.13. The molecule has 176 valence electrons. The fourth-order valence-corrected chi connectivity index (χ4v) is 3.58. The third-order valence-corrected chi connectivity index (χ3v) is 5.41. The molecule has 2 aromatic carbocycles. The molecular formula is C24H34N2O6. The van der Waals surface area contributed by atoms with Crippen LogP contribution in [-0.2, 0) is 0 Å². The Labute approximate surface area is 189 Å². The number of benzene rings is 2. The van der Waals surface area contributed by atoms with E-state index in [2.05, 4.69) is 9.80 Å². The van der Waals surface area contributed by atoms with Crippen molar-refractivity contribution in [3.05, 3.63) is 48.5 Å². The first kappa shape index (κ1) is 24.1. The highest BCUT2D eigenvalue weighted by Crippen LogP contribution is 2.18. The normalized spacial score (nSPS) is 16.9.